The predicted octanol–water partition coefficient (Wildman–Crippen LogP) is 3.96. The number of halogens is 1. The maximum absolute atomic E-state index is 12.1. The van der Waals surface area contributed by atoms with E-state index in [0.717, 1.165) is 42.6 Å². The van der Waals surface area contributed by atoms with E-state index < -0.39 is 0 Å². The van der Waals surface area contributed by atoms with Crippen LogP contribution < -0.4 is 10.2 Å². The lowest BCUT2D eigenvalue weighted by Gasteiger charge is -2.34. The van der Waals surface area contributed by atoms with Crippen LogP contribution in [0, 0.1) is 0 Å². The quantitative estimate of drug-likeness (QED) is 0.811. The van der Waals surface area contributed by atoms with Crippen molar-refractivity contribution >= 4 is 40.6 Å². The lowest BCUT2D eigenvalue weighted by atomic mass is 10.2. The Morgan fingerprint density at radius 3 is 2.35 bits per heavy atom. The first-order chi connectivity index (χ1) is 12.6. The zero-order valence-corrected chi connectivity index (χ0v) is 16.5. The van der Waals surface area contributed by atoms with Crippen LogP contribution in [-0.2, 0) is 10.5 Å². The first-order valence-corrected chi connectivity index (χ1v) is 10.3. The van der Waals surface area contributed by atoms with Crippen molar-refractivity contribution in [3.8, 4) is 0 Å². The number of hydrogen-bond acceptors (Lipinski definition) is 4. The summed E-state index contributed by atoms with van der Waals surface area (Å²) >= 11 is 7.48. The molecular weight excluding hydrogens is 366 g/mol. The van der Waals surface area contributed by atoms with Gasteiger partial charge in [0.25, 0.3) is 0 Å². The van der Waals surface area contributed by atoms with Gasteiger partial charge in [-0.05, 0) is 49.0 Å². The molecule has 6 heteroatoms. The van der Waals surface area contributed by atoms with Gasteiger partial charge in [0.1, 0.15) is 0 Å². The highest BCUT2D eigenvalue weighted by molar-refractivity contribution is 7.99. The largest absolute Gasteiger partial charge is 0.369 e. The van der Waals surface area contributed by atoms with Gasteiger partial charge in [-0.2, -0.15) is 0 Å². The molecule has 1 N–H and O–H groups in total. The Morgan fingerprint density at radius 1 is 1.04 bits per heavy atom. The Bertz CT molecular complexity index is 713. The van der Waals surface area contributed by atoms with Crippen molar-refractivity contribution in [1.29, 1.82) is 0 Å². The molecule has 1 aliphatic rings. The zero-order valence-electron chi connectivity index (χ0n) is 15.0. The van der Waals surface area contributed by atoms with Crippen LogP contribution in [-0.4, -0.2) is 49.8 Å². The highest BCUT2D eigenvalue weighted by Crippen LogP contribution is 2.20. The van der Waals surface area contributed by atoms with E-state index in [4.69, 9.17) is 11.6 Å². The summed E-state index contributed by atoms with van der Waals surface area (Å²) in [4.78, 5) is 16.8. The molecule has 1 amide bonds. The third-order valence-corrected chi connectivity index (χ3v) is 5.69. The number of hydrogen-bond donors (Lipinski definition) is 1. The number of piperazine rings is 1. The number of anilines is 2. The first-order valence-electron chi connectivity index (χ1n) is 8.76. The van der Waals surface area contributed by atoms with Gasteiger partial charge in [0.2, 0.25) is 5.91 Å². The molecule has 1 heterocycles. The second-order valence-electron chi connectivity index (χ2n) is 6.50. The summed E-state index contributed by atoms with van der Waals surface area (Å²) in [5, 5.41) is 3.70. The van der Waals surface area contributed by atoms with E-state index in [0.29, 0.717) is 5.75 Å². The van der Waals surface area contributed by atoms with Gasteiger partial charge in [0, 0.05) is 48.3 Å². The van der Waals surface area contributed by atoms with Crippen molar-refractivity contribution in [3.63, 3.8) is 0 Å². The summed E-state index contributed by atoms with van der Waals surface area (Å²) in [7, 11) is 2.15. The minimum absolute atomic E-state index is 0.0244. The lowest BCUT2D eigenvalue weighted by molar-refractivity contribution is -0.113. The van der Waals surface area contributed by atoms with E-state index in [-0.39, 0.29) is 5.91 Å². The van der Waals surface area contributed by atoms with Gasteiger partial charge in [-0.15, -0.1) is 11.8 Å². The van der Waals surface area contributed by atoms with E-state index in [1.807, 2.05) is 36.4 Å². The molecule has 0 spiro atoms. The summed E-state index contributed by atoms with van der Waals surface area (Å²) in [6, 6.07) is 15.9. The molecular formula is C20H24ClN3OS. The van der Waals surface area contributed by atoms with Crippen molar-refractivity contribution in [2.75, 3.05) is 49.2 Å². The fraction of sp³-hybridized carbons (Fsp3) is 0.350. The number of likely N-dealkylation sites (N-methyl/N-ethyl adjacent to an activating group) is 1. The Balaban J connectivity index is 1.43. The minimum atomic E-state index is 0.0244. The molecule has 0 saturated carbocycles. The van der Waals surface area contributed by atoms with E-state index in [1.165, 1.54) is 11.3 Å². The normalized spacial score (nSPS) is 15.1. The highest BCUT2D eigenvalue weighted by Gasteiger charge is 2.14. The Labute approximate surface area is 164 Å². The second-order valence-corrected chi connectivity index (χ2v) is 7.93. The number of carbonyl (C=O) groups excluding carboxylic acids is 1. The molecule has 0 atom stereocenters. The van der Waals surface area contributed by atoms with E-state index >= 15 is 0 Å². The topological polar surface area (TPSA) is 35.6 Å². The average Bonchev–Trinajstić information content (AvgIpc) is 2.65. The molecule has 1 fully saturated rings. The van der Waals surface area contributed by atoms with Gasteiger partial charge in [-0.25, -0.2) is 0 Å². The molecule has 1 aliphatic heterocycles. The van der Waals surface area contributed by atoms with Crippen LogP contribution in [0.25, 0.3) is 0 Å². The van der Waals surface area contributed by atoms with Crippen LogP contribution >= 0.6 is 23.4 Å². The maximum atomic E-state index is 12.1. The first kappa shape index (κ1) is 19.1. The van der Waals surface area contributed by atoms with Crippen molar-refractivity contribution in [2.24, 2.45) is 0 Å². The highest BCUT2D eigenvalue weighted by atomic mass is 35.5. The van der Waals surface area contributed by atoms with Gasteiger partial charge in [-0.3, -0.25) is 4.79 Å². The number of amides is 1. The molecule has 4 nitrogen and oxygen atoms in total. The Kier molecular flexibility index (Phi) is 6.83. The SMILES string of the molecule is CN1CCN(c2ccc(NC(=O)CSCc3ccc(Cl)cc3)cc2)CC1. The number of nitrogens with one attached hydrogen (secondary N) is 1. The third-order valence-electron chi connectivity index (χ3n) is 4.43. The molecule has 0 unspecified atom stereocenters. The van der Waals surface area contributed by atoms with Crippen LogP contribution in [0.5, 0.6) is 0 Å². The van der Waals surface area contributed by atoms with Gasteiger partial charge < -0.3 is 15.1 Å². The predicted molar refractivity (Wildman–Crippen MR) is 112 cm³/mol. The molecule has 0 aliphatic carbocycles. The molecule has 0 aromatic heterocycles. The maximum Gasteiger partial charge on any atom is 0.234 e. The Morgan fingerprint density at radius 2 is 1.69 bits per heavy atom. The zero-order chi connectivity index (χ0) is 18.4. The van der Waals surface area contributed by atoms with Crippen molar-refractivity contribution in [3.05, 3.63) is 59.1 Å². The molecule has 3 rings (SSSR count). The van der Waals surface area contributed by atoms with E-state index in [1.54, 1.807) is 11.8 Å². The van der Waals surface area contributed by atoms with Gasteiger partial charge in [0.15, 0.2) is 0 Å². The van der Waals surface area contributed by atoms with E-state index in [2.05, 4.69) is 34.3 Å². The number of thioether (sulfide) groups is 1. The molecule has 2 aromatic carbocycles. The van der Waals surface area contributed by atoms with Gasteiger partial charge in [0.05, 0.1) is 5.75 Å². The summed E-state index contributed by atoms with van der Waals surface area (Å²) in [6.45, 7) is 4.26. The number of rotatable bonds is 6. The van der Waals surface area contributed by atoms with Crippen LogP contribution in [0.4, 0.5) is 11.4 Å². The second kappa shape index (κ2) is 9.31. The van der Waals surface area contributed by atoms with Crippen LogP contribution in [0.2, 0.25) is 5.02 Å². The fourth-order valence-corrected chi connectivity index (χ4v) is 3.77. The molecule has 2 aromatic rings. The minimum Gasteiger partial charge on any atom is -0.369 e. The summed E-state index contributed by atoms with van der Waals surface area (Å²) < 4.78 is 0. The summed E-state index contributed by atoms with van der Waals surface area (Å²) in [5.41, 5.74) is 3.23. The molecule has 138 valence electrons. The number of carbonyl (C=O) groups is 1. The van der Waals surface area contributed by atoms with Crippen LogP contribution in [0.3, 0.4) is 0 Å². The lowest BCUT2D eigenvalue weighted by Crippen LogP contribution is -2.44. The third kappa shape index (κ3) is 5.66. The van der Waals surface area contributed by atoms with E-state index in [9.17, 15) is 4.79 Å². The standard InChI is InChI=1S/C20H24ClN3OS/c1-23-10-12-24(13-11-23)19-8-6-18(7-9-19)22-20(25)15-26-14-16-2-4-17(21)5-3-16/h2-9H,10-15H2,1H3,(H,22,25). The summed E-state index contributed by atoms with van der Waals surface area (Å²) in [6.07, 6.45) is 0. The van der Waals surface area contributed by atoms with Crippen LogP contribution in [0.15, 0.2) is 48.5 Å². The fourth-order valence-electron chi connectivity index (χ4n) is 2.86. The Hall–Kier alpha value is -1.69. The monoisotopic (exact) mass is 389 g/mol. The van der Waals surface area contributed by atoms with Crippen molar-refractivity contribution in [2.45, 2.75) is 5.75 Å². The van der Waals surface area contributed by atoms with Gasteiger partial charge >= 0.3 is 0 Å². The average molecular weight is 390 g/mol. The smallest absolute Gasteiger partial charge is 0.234 e. The number of benzene rings is 2. The number of nitrogens with zero attached hydrogens (tertiary/aromatic N) is 2. The molecule has 26 heavy (non-hydrogen) atoms. The van der Waals surface area contributed by atoms with Crippen LogP contribution in [0.1, 0.15) is 5.56 Å². The molecule has 0 bridgehead atoms. The van der Waals surface area contributed by atoms with Crippen molar-refractivity contribution < 1.29 is 4.79 Å². The summed E-state index contributed by atoms with van der Waals surface area (Å²) in [5.74, 6) is 1.26. The molecule has 0 radical (unpaired) electrons. The molecule has 1 saturated heterocycles. The van der Waals surface area contributed by atoms with Crippen molar-refractivity contribution in [1.82, 2.24) is 4.90 Å². The van der Waals surface area contributed by atoms with Gasteiger partial charge in [-0.1, -0.05) is 23.7 Å².